The fraction of sp³-hybridized carbons (Fsp3) is 1.00. The van der Waals surface area contributed by atoms with Gasteiger partial charge in [0.2, 0.25) is 0 Å². The molecule has 0 radical (unpaired) electrons. The summed E-state index contributed by atoms with van der Waals surface area (Å²) < 4.78 is 49.9. The first kappa shape index (κ1) is 10.8. The number of hydrogen-bond acceptors (Lipinski definition) is 1. The molecule has 0 spiro atoms. The molecule has 1 rings (SSSR count). The van der Waals surface area contributed by atoms with Crippen LogP contribution < -0.4 is 5.32 Å². The molecule has 2 atom stereocenters. The lowest BCUT2D eigenvalue weighted by Gasteiger charge is -2.24. The SMILES string of the molecule is CC(NC1CCCC1(F)F)C(F)F. The Labute approximate surface area is 74.5 Å². The highest BCUT2D eigenvalue weighted by atomic mass is 19.3. The van der Waals surface area contributed by atoms with Gasteiger partial charge in [-0.1, -0.05) is 0 Å². The van der Waals surface area contributed by atoms with Gasteiger partial charge in [-0.05, 0) is 19.8 Å². The lowest BCUT2D eigenvalue weighted by Crippen LogP contribution is -2.47. The summed E-state index contributed by atoms with van der Waals surface area (Å²) in [6, 6.07) is -2.23. The Hall–Kier alpha value is -0.320. The van der Waals surface area contributed by atoms with E-state index < -0.39 is 24.4 Å². The first-order chi connectivity index (χ1) is 5.93. The van der Waals surface area contributed by atoms with Crippen LogP contribution in [0.4, 0.5) is 17.6 Å². The molecule has 1 fully saturated rings. The molecule has 13 heavy (non-hydrogen) atoms. The molecule has 0 aliphatic heterocycles. The van der Waals surface area contributed by atoms with E-state index in [4.69, 9.17) is 0 Å². The van der Waals surface area contributed by atoms with Gasteiger partial charge in [0, 0.05) is 6.42 Å². The van der Waals surface area contributed by atoms with E-state index in [1.807, 2.05) is 0 Å². The van der Waals surface area contributed by atoms with E-state index >= 15 is 0 Å². The predicted molar refractivity (Wildman–Crippen MR) is 41.2 cm³/mol. The molecule has 2 unspecified atom stereocenters. The van der Waals surface area contributed by atoms with E-state index in [-0.39, 0.29) is 12.8 Å². The number of nitrogens with one attached hydrogen (secondary N) is 1. The van der Waals surface area contributed by atoms with E-state index in [9.17, 15) is 17.6 Å². The van der Waals surface area contributed by atoms with Crippen molar-refractivity contribution in [2.45, 2.75) is 50.6 Å². The van der Waals surface area contributed by atoms with E-state index in [0.717, 1.165) is 0 Å². The molecule has 1 saturated carbocycles. The third kappa shape index (κ3) is 2.56. The largest absolute Gasteiger partial charge is 0.301 e. The maximum Gasteiger partial charge on any atom is 0.263 e. The number of halogens is 4. The van der Waals surface area contributed by atoms with E-state index in [1.54, 1.807) is 0 Å². The predicted octanol–water partition coefficient (Wildman–Crippen LogP) is 2.42. The second-order valence-corrected chi connectivity index (χ2v) is 3.50. The zero-order chi connectivity index (χ0) is 10.1. The van der Waals surface area contributed by atoms with Gasteiger partial charge in [-0.15, -0.1) is 0 Å². The van der Waals surface area contributed by atoms with Crippen LogP contribution in [-0.2, 0) is 0 Å². The lowest BCUT2D eigenvalue weighted by atomic mass is 10.2. The van der Waals surface area contributed by atoms with Crippen LogP contribution in [0.15, 0.2) is 0 Å². The Morgan fingerprint density at radius 2 is 2.00 bits per heavy atom. The molecule has 1 nitrogen and oxygen atoms in total. The maximum absolute atomic E-state index is 12.9. The molecule has 0 aromatic rings. The van der Waals surface area contributed by atoms with Gasteiger partial charge in [0.25, 0.3) is 12.3 Å². The van der Waals surface area contributed by atoms with Gasteiger partial charge in [-0.3, -0.25) is 0 Å². The summed E-state index contributed by atoms with van der Waals surface area (Å²) in [5.74, 6) is -2.82. The average Bonchev–Trinajstić information content (AvgIpc) is 2.30. The summed E-state index contributed by atoms with van der Waals surface area (Å²) in [5.41, 5.74) is 0. The van der Waals surface area contributed by atoms with Crippen LogP contribution in [0.1, 0.15) is 26.2 Å². The second kappa shape index (κ2) is 3.82. The van der Waals surface area contributed by atoms with Crippen molar-refractivity contribution >= 4 is 0 Å². The van der Waals surface area contributed by atoms with Gasteiger partial charge in [0.15, 0.2) is 0 Å². The first-order valence-electron chi connectivity index (χ1n) is 4.35. The van der Waals surface area contributed by atoms with Crippen molar-refractivity contribution in [3.8, 4) is 0 Å². The highest BCUT2D eigenvalue weighted by Crippen LogP contribution is 2.35. The molecule has 1 N–H and O–H groups in total. The quantitative estimate of drug-likeness (QED) is 0.688. The minimum atomic E-state index is -2.82. The standard InChI is InChI=1S/C8H13F4N/c1-5(7(9)10)13-6-3-2-4-8(6,11)12/h5-7,13H,2-4H2,1H3. The molecule has 5 heteroatoms. The van der Waals surface area contributed by atoms with Crippen LogP contribution >= 0.6 is 0 Å². The average molecular weight is 199 g/mol. The van der Waals surface area contributed by atoms with Crippen molar-refractivity contribution in [1.29, 1.82) is 0 Å². The van der Waals surface area contributed by atoms with Gasteiger partial charge < -0.3 is 5.32 Å². The zero-order valence-corrected chi connectivity index (χ0v) is 7.37. The van der Waals surface area contributed by atoms with Crippen molar-refractivity contribution in [1.82, 2.24) is 5.32 Å². The molecular formula is C8H13F4N. The van der Waals surface area contributed by atoms with Crippen molar-refractivity contribution < 1.29 is 17.6 Å². The fourth-order valence-electron chi connectivity index (χ4n) is 1.52. The monoisotopic (exact) mass is 199 g/mol. The summed E-state index contributed by atoms with van der Waals surface area (Å²) >= 11 is 0. The molecule has 0 saturated heterocycles. The normalized spacial score (nSPS) is 29.5. The van der Waals surface area contributed by atoms with Crippen molar-refractivity contribution in [3.63, 3.8) is 0 Å². The first-order valence-corrected chi connectivity index (χ1v) is 4.35. The van der Waals surface area contributed by atoms with Crippen LogP contribution in [0.2, 0.25) is 0 Å². The molecular weight excluding hydrogens is 186 g/mol. The number of hydrogen-bond donors (Lipinski definition) is 1. The molecule has 0 aromatic heterocycles. The molecule has 1 aliphatic rings. The summed E-state index contributed by atoms with van der Waals surface area (Å²) in [4.78, 5) is 0. The summed E-state index contributed by atoms with van der Waals surface area (Å²) in [5, 5.41) is 2.27. The molecule has 1 aliphatic carbocycles. The lowest BCUT2D eigenvalue weighted by molar-refractivity contribution is -0.0283. The van der Waals surface area contributed by atoms with Gasteiger partial charge >= 0.3 is 0 Å². The van der Waals surface area contributed by atoms with Gasteiger partial charge in [-0.2, -0.15) is 0 Å². The van der Waals surface area contributed by atoms with E-state index in [2.05, 4.69) is 5.32 Å². The molecule has 0 aromatic carbocycles. The van der Waals surface area contributed by atoms with Crippen LogP contribution in [0, 0.1) is 0 Å². The Morgan fingerprint density at radius 3 is 2.38 bits per heavy atom. The highest BCUT2D eigenvalue weighted by molar-refractivity contribution is 4.91. The van der Waals surface area contributed by atoms with Gasteiger partial charge in [0.05, 0.1) is 12.1 Å². The van der Waals surface area contributed by atoms with Crippen molar-refractivity contribution in [2.75, 3.05) is 0 Å². The minimum Gasteiger partial charge on any atom is -0.301 e. The van der Waals surface area contributed by atoms with Crippen molar-refractivity contribution in [3.05, 3.63) is 0 Å². The molecule has 0 heterocycles. The third-order valence-electron chi connectivity index (χ3n) is 2.35. The maximum atomic E-state index is 12.9. The van der Waals surface area contributed by atoms with Crippen LogP contribution in [-0.4, -0.2) is 24.4 Å². The fourth-order valence-corrected chi connectivity index (χ4v) is 1.52. The molecule has 0 amide bonds. The van der Waals surface area contributed by atoms with Crippen LogP contribution in [0.3, 0.4) is 0 Å². The van der Waals surface area contributed by atoms with Crippen molar-refractivity contribution in [2.24, 2.45) is 0 Å². The zero-order valence-electron chi connectivity index (χ0n) is 7.37. The van der Waals surface area contributed by atoms with Crippen LogP contribution in [0.25, 0.3) is 0 Å². The molecule has 0 bridgehead atoms. The second-order valence-electron chi connectivity index (χ2n) is 3.50. The van der Waals surface area contributed by atoms with E-state index in [1.165, 1.54) is 6.92 Å². The van der Waals surface area contributed by atoms with Gasteiger partial charge in [0.1, 0.15) is 0 Å². The summed E-state index contributed by atoms with van der Waals surface area (Å²) in [6.45, 7) is 1.22. The Bertz CT molecular complexity index is 172. The molecule has 78 valence electrons. The highest BCUT2D eigenvalue weighted by Gasteiger charge is 2.44. The minimum absolute atomic E-state index is 0.194. The summed E-state index contributed by atoms with van der Waals surface area (Å²) in [7, 11) is 0. The van der Waals surface area contributed by atoms with E-state index in [0.29, 0.717) is 6.42 Å². The smallest absolute Gasteiger partial charge is 0.263 e. The van der Waals surface area contributed by atoms with Crippen LogP contribution in [0.5, 0.6) is 0 Å². The Kier molecular flexibility index (Phi) is 3.16. The Balaban J connectivity index is 2.45. The third-order valence-corrected chi connectivity index (χ3v) is 2.35. The Morgan fingerprint density at radius 1 is 1.38 bits per heavy atom. The number of alkyl halides is 4. The topological polar surface area (TPSA) is 12.0 Å². The van der Waals surface area contributed by atoms with Gasteiger partial charge in [-0.25, -0.2) is 17.6 Å². The summed E-state index contributed by atoms with van der Waals surface area (Å²) in [6.07, 6.45) is -2.10. The number of rotatable bonds is 3.